The van der Waals surface area contributed by atoms with Crippen LogP contribution in [0, 0.1) is 10.1 Å². The maximum Gasteiger partial charge on any atom is 0.273 e. The molecule has 1 N–H and O–H groups in total. The summed E-state index contributed by atoms with van der Waals surface area (Å²) in [6.45, 7) is 2.76. The fourth-order valence-electron chi connectivity index (χ4n) is 5.19. The van der Waals surface area contributed by atoms with Crippen LogP contribution < -0.4 is 10.1 Å². The zero-order chi connectivity index (χ0) is 30.2. The first-order valence-corrected chi connectivity index (χ1v) is 14.1. The van der Waals surface area contributed by atoms with Gasteiger partial charge in [0, 0.05) is 56.0 Å². The summed E-state index contributed by atoms with van der Waals surface area (Å²) in [5.74, 6) is 0.325. The van der Waals surface area contributed by atoms with Gasteiger partial charge >= 0.3 is 0 Å². The van der Waals surface area contributed by atoms with Crippen LogP contribution >= 0.6 is 0 Å². The van der Waals surface area contributed by atoms with Gasteiger partial charge in [-0.2, -0.15) is 0 Å². The summed E-state index contributed by atoms with van der Waals surface area (Å²) in [5, 5.41) is 18.1. The van der Waals surface area contributed by atoms with E-state index in [1.54, 1.807) is 18.1 Å². The van der Waals surface area contributed by atoms with E-state index in [0.29, 0.717) is 12.3 Å². The van der Waals surface area contributed by atoms with Gasteiger partial charge in [-0.25, -0.2) is 0 Å². The van der Waals surface area contributed by atoms with E-state index in [-0.39, 0.29) is 35.4 Å². The number of ether oxygens (including phenoxy) is 1. The lowest BCUT2D eigenvalue weighted by molar-refractivity contribution is -0.384. The summed E-state index contributed by atoms with van der Waals surface area (Å²) in [4.78, 5) is 41.4. The van der Waals surface area contributed by atoms with Gasteiger partial charge in [0.2, 0.25) is 0 Å². The van der Waals surface area contributed by atoms with Crippen LogP contribution in [0.2, 0.25) is 0 Å². The highest BCUT2D eigenvalue weighted by atomic mass is 16.6. The number of amides is 2. The van der Waals surface area contributed by atoms with Gasteiger partial charge in [-0.15, -0.1) is 0 Å². The number of benzene rings is 3. The SMILES string of the molecule is COc1ccc(CNC(=O)c2cc(CN(C(=O)c3cccc([N+](=O)[O-])c3)C3CCN(Cc4ccccc4)CC3)on2)cc1. The predicted octanol–water partition coefficient (Wildman–Crippen LogP) is 4.83. The number of aromatic nitrogens is 1. The van der Waals surface area contributed by atoms with Crippen LogP contribution in [0.15, 0.2) is 89.5 Å². The van der Waals surface area contributed by atoms with Crippen molar-refractivity contribution in [2.75, 3.05) is 20.2 Å². The van der Waals surface area contributed by atoms with Crippen molar-refractivity contribution in [3.05, 3.63) is 123 Å². The Hall–Kier alpha value is -5.03. The third-order valence-corrected chi connectivity index (χ3v) is 7.54. The molecule has 0 bridgehead atoms. The molecular formula is C32H33N5O6. The smallest absolute Gasteiger partial charge is 0.273 e. The van der Waals surface area contributed by atoms with Crippen LogP contribution in [0.25, 0.3) is 0 Å². The van der Waals surface area contributed by atoms with E-state index >= 15 is 0 Å². The zero-order valence-corrected chi connectivity index (χ0v) is 23.8. The highest BCUT2D eigenvalue weighted by Crippen LogP contribution is 2.24. The molecule has 3 aromatic carbocycles. The lowest BCUT2D eigenvalue weighted by Crippen LogP contribution is -2.46. The summed E-state index contributed by atoms with van der Waals surface area (Å²) in [6, 6.07) is 24.7. The van der Waals surface area contributed by atoms with E-state index < -0.39 is 10.8 Å². The van der Waals surface area contributed by atoms with Crippen LogP contribution in [-0.2, 0) is 19.6 Å². The molecule has 11 nitrogen and oxygen atoms in total. The molecule has 222 valence electrons. The van der Waals surface area contributed by atoms with E-state index in [1.807, 2.05) is 42.5 Å². The first-order valence-electron chi connectivity index (χ1n) is 14.1. The molecule has 1 saturated heterocycles. The lowest BCUT2D eigenvalue weighted by Gasteiger charge is -2.38. The van der Waals surface area contributed by atoms with Crippen molar-refractivity contribution in [1.29, 1.82) is 0 Å². The topological polar surface area (TPSA) is 131 Å². The second-order valence-corrected chi connectivity index (χ2v) is 10.4. The predicted molar refractivity (Wildman–Crippen MR) is 158 cm³/mol. The number of nitro groups is 1. The normalized spacial score (nSPS) is 13.8. The summed E-state index contributed by atoms with van der Waals surface area (Å²) in [7, 11) is 1.59. The van der Waals surface area contributed by atoms with Crippen molar-refractivity contribution in [3.8, 4) is 5.75 Å². The number of rotatable bonds is 11. The van der Waals surface area contributed by atoms with E-state index in [2.05, 4.69) is 27.5 Å². The number of hydrogen-bond acceptors (Lipinski definition) is 8. The Labute approximate surface area is 249 Å². The Morgan fingerprint density at radius 3 is 2.47 bits per heavy atom. The maximum absolute atomic E-state index is 13.8. The molecule has 0 radical (unpaired) electrons. The van der Waals surface area contributed by atoms with E-state index in [4.69, 9.17) is 9.26 Å². The minimum atomic E-state index is -0.517. The second-order valence-electron chi connectivity index (χ2n) is 10.4. The summed E-state index contributed by atoms with van der Waals surface area (Å²) < 4.78 is 10.7. The number of nitro benzene ring substituents is 1. The molecule has 0 atom stereocenters. The van der Waals surface area contributed by atoms with Gasteiger partial charge in [0.15, 0.2) is 11.5 Å². The molecule has 11 heteroatoms. The fraction of sp³-hybridized carbons (Fsp3) is 0.281. The molecule has 0 unspecified atom stereocenters. The molecule has 0 saturated carbocycles. The Balaban J connectivity index is 1.28. The van der Waals surface area contributed by atoms with Gasteiger partial charge in [-0.1, -0.05) is 53.7 Å². The average molecular weight is 584 g/mol. The van der Waals surface area contributed by atoms with Crippen LogP contribution in [0.5, 0.6) is 5.75 Å². The second kappa shape index (κ2) is 13.8. The number of carbonyl (C=O) groups excluding carboxylic acids is 2. The minimum absolute atomic E-state index is 0.0731. The van der Waals surface area contributed by atoms with Crippen molar-refractivity contribution in [2.24, 2.45) is 0 Å². The number of piperidine rings is 1. The van der Waals surface area contributed by atoms with Crippen LogP contribution in [0.3, 0.4) is 0 Å². The fourth-order valence-corrected chi connectivity index (χ4v) is 5.19. The molecule has 1 aliphatic rings. The van der Waals surface area contributed by atoms with Crippen molar-refractivity contribution < 1.29 is 23.8 Å². The number of carbonyl (C=O) groups is 2. The van der Waals surface area contributed by atoms with E-state index in [9.17, 15) is 19.7 Å². The molecule has 1 aromatic heterocycles. The molecule has 1 aliphatic heterocycles. The molecule has 43 heavy (non-hydrogen) atoms. The quantitative estimate of drug-likeness (QED) is 0.196. The molecule has 1 fully saturated rings. The van der Waals surface area contributed by atoms with Crippen molar-refractivity contribution in [1.82, 2.24) is 20.3 Å². The Morgan fingerprint density at radius 2 is 1.77 bits per heavy atom. The van der Waals surface area contributed by atoms with Crippen LogP contribution in [0.4, 0.5) is 5.69 Å². The summed E-state index contributed by atoms with van der Waals surface area (Å²) in [5.41, 5.74) is 2.29. The Bertz CT molecular complexity index is 1550. The first-order chi connectivity index (χ1) is 20.9. The number of likely N-dealkylation sites (tertiary alicyclic amines) is 1. The number of hydrogen-bond donors (Lipinski definition) is 1. The van der Waals surface area contributed by atoms with E-state index in [1.165, 1.54) is 29.8 Å². The van der Waals surface area contributed by atoms with Crippen molar-refractivity contribution >= 4 is 17.5 Å². The van der Waals surface area contributed by atoms with Crippen molar-refractivity contribution in [3.63, 3.8) is 0 Å². The molecule has 5 rings (SSSR count). The lowest BCUT2D eigenvalue weighted by atomic mass is 10.0. The molecule has 4 aromatic rings. The van der Waals surface area contributed by atoms with Gasteiger partial charge in [-0.3, -0.25) is 24.6 Å². The van der Waals surface area contributed by atoms with Gasteiger partial charge in [0.05, 0.1) is 18.6 Å². The molecule has 2 heterocycles. The van der Waals surface area contributed by atoms with Gasteiger partial charge in [0.25, 0.3) is 17.5 Å². The molecule has 0 spiro atoms. The number of methoxy groups -OCH3 is 1. The van der Waals surface area contributed by atoms with E-state index in [0.717, 1.165) is 43.8 Å². The number of nitrogens with one attached hydrogen (secondary N) is 1. The number of nitrogens with zero attached hydrogens (tertiary/aromatic N) is 4. The third kappa shape index (κ3) is 7.63. The Morgan fingerprint density at radius 1 is 1.02 bits per heavy atom. The zero-order valence-electron chi connectivity index (χ0n) is 23.8. The largest absolute Gasteiger partial charge is 0.497 e. The van der Waals surface area contributed by atoms with Gasteiger partial charge < -0.3 is 19.5 Å². The minimum Gasteiger partial charge on any atom is -0.497 e. The monoisotopic (exact) mass is 583 g/mol. The summed E-state index contributed by atoms with van der Waals surface area (Å²) >= 11 is 0. The highest BCUT2D eigenvalue weighted by molar-refractivity contribution is 5.95. The highest BCUT2D eigenvalue weighted by Gasteiger charge is 2.31. The van der Waals surface area contributed by atoms with Crippen molar-refractivity contribution in [2.45, 2.75) is 38.5 Å². The molecule has 0 aliphatic carbocycles. The van der Waals surface area contributed by atoms with Crippen LogP contribution in [-0.4, -0.2) is 57.9 Å². The molecule has 2 amide bonds. The summed E-state index contributed by atoms with van der Waals surface area (Å²) in [6.07, 6.45) is 1.44. The maximum atomic E-state index is 13.8. The molecular weight excluding hydrogens is 550 g/mol. The van der Waals surface area contributed by atoms with Crippen LogP contribution in [0.1, 0.15) is 50.6 Å². The number of non-ortho nitro benzene ring substituents is 1. The Kier molecular flexibility index (Phi) is 9.42. The van der Waals surface area contributed by atoms with Gasteiger partial charge in [-0.05, 0) is 42.2 Å². The first kappa shape index (κ1) is 29.5. The standard InChI is InChI=1S/C32H33N5O6/c1-42-28-12-10-23(11-13-28)20-33-31(38)30-19-29(43-34-30)22-36(32(39)25-8-5-9-27(18-25)37(40)41)26-14-16-35(17-15-26)21-24-6-3-2-4-7-24/h2-13,18-19,26H,14-17,20-22H2,1H3,(H,33,38). The third-order valence-electron chi connectivity index (χ3n) is 7.54. The van der Waals surface area contributed by atoms with Gasteiger partial charge in [0.1, 0.15) is 5.75 Å². The average Bonchev–Trinajstić information content (AvgIpc) is 3.52.